The third kappa shape index (κ3) is 3.42. The summed E-state index contributed by atoms with van der Waals surface area (Å²) < 4.78 is 29.4. The lowest BCUT2D eigenvalue weighted by molar-refractivity contribution is -0.121. The minimum Gasteiger partial charge on any atom is -0.325 e. The van der Waals surface area contributed by atoms with Crippen molar-refractivity contribution in [2.45, 2.75) is 37.1 Å². The number of rotatable bonds is 5. The molecule has 0 saturated carbocycles. The van der Waals surface area contributed by atoms with E-state index in [0.29, 0.717) is 5.69 Å². The van der Waals surface area contributed by atoms with Crippen LogP contribution in [0.1, 0.15) is 35.2 Å². The predicted molar refractivity (Wildman–Crippen MR) is 118 cm³/mol. The van der Waals surface area contributed by atoms with E-state index in [0.717, 1.165) is 22.3 Å². The van der Waals surface area contributed by atoms with Gasteiger partial charge in [-0.2, -0.15) is 0 Å². The molecular formula is C24H24N2O3S. The molecular weight excluding hydrogens is 396 g/mol. The highest BCUT2D eigenvalue weighted by atomic mass is 32.2. The monoisotopic (exact) mass is 420 g/mol. The Labute approximate surface area is 177 Å². The lowest BCUT2D eigenvalue weighted by Crippen LogP contribution is -2.46. The van der Waals surface area contributed by atoms with Crippen LogP contribution in [0, 0.1) is 13.8 Å². The highest BCUT2D eigenvalue weighted by Gasteiger charge is 2.50. The van der Waals surface area contributed by atoms with Crippen LogP contribution in [0.3, 0.4) is 0 Å². The molecule has 4 rings (SSSR count). The van der Waals surface area contributed by atoms with Crippen LogP contribution in [0.15, 0.2) is 77.7 Å². The molecule has 3 aromatic carbocycles. The molecule has 2 atom stereocenters. The average molecular weight is 421 g/mol. The predicted octanol–water partition coefficient (Wildman–Crippen LogP) is 4.23. The van der Waals surface area contributed by atoms with Crippen LogP contribution in [0.2, 0.25) is 0 Å². The number of para-hydroxylation sites is 1. The maximum absolute atomic E-state index is 13.3. The van der Waals surface area contributed by atoms with Crippen molar-refractivity contribution in [3.05, 3.63) is 95.1 Å². The number of amides is 1. The Morgan fingerprint density at radius 2 is 1.60 bits per heavy atom. The largest absolute Gasteiger partial charge is 0.325 e. The van der Waals surface area contributed by atoms with Gasteiger partial charge in [-0.25, -0.2) is 13.1 Å². The first-order valence-electron chi connectivity index (χ1n) is 9.78. The molecule has 2 N–H and O–H groups in total. The molecule has 0 radical (unpaired) electrons. The van der Waals surface area contributed by atoms with Crippen molar-refractivity contribution in [2.75, 3.05) is 5.32 Å². The number of aryl methyl sites for hydroxylation is 2. The summed E-state index contributed by atoms with van der Waals surface area (Å²) in [4.78, 5) is 13.3. The van der Waals surface area contributed by atoms with Crippen LogP contribution < -0.4 is 10.0 Å². The van der Waals surface area contributed by atoms with Crippen LogP contribution >= 0.6 is 0 Å². The van der Waals surface area contributed by atoms with E-state index in [1.54, 1.807) is 31.2 Å². The fraction of sp³-hybridized carbons (Fsp3) is 0.208. The Hall–Kier alpha value is -2.96. The lowest BCUT2D eigenvalue weighted by atomic mass is 9.74. The standard InChI is InChI=1S/C24H24N2O3S/c1-16-11-13-19(14-12-16)30(28,29)26-22(18-8-6-7-17(2)15-18)24(3)20-9-4-5-10-21(20)25-23(24)27/h4-15,22,26H,1-3H3,(H,25,27)/t22-,24-/m1/s1. The summed E-state index contributed by atoms with van der Waals surface area (Å²) >= 11 is 0. The zero-order valence-corrected chi connectivity index (χ0v) is 18.0. The van der Waals surface area contributed by atoms with Gasteiger partial charge in [-0.05, 0) is 50.1 Å². The number of benzene rings is 3. The quantitative estimate of drug-likeness (QED) is 0.649. The van der Waals surface area contributed by atoms with Gasteiger partial charge in [0.1, 0.15) is 0 Å². The van der Waals surface area contributed by atoms with E-state index in [4.69, 9.17) is 0 Å². The molecule has 0 fully saturated rings. The number of hydrogen-bond donors (Lipinski definition) is 2. The molecule has 6 heteroatoms. The highest BCUT2D eigenvalue weighted by molar-refractivity contribution is 7.89. The molecule has 0 unspecified atom stereocenters. The first-order valence-corrected chi connectivity index (χ1v) is 11.3. The van der Waals surface area contributed by atoms with Gasteiger partial charge in [-0.3, -0.25) is 4.79 Å². The number of carbonyl (C=O) groups is 1. The summed E-state index contributed by atoms with van der Waals surface area (Å²) in [5, 5.41) is 2.91. The topological polar surface area (TPSA) is 75.3 Å². The van der Waals surface area contributed by atoms with E-state index in [2.05, 4.69) is 10.0 Å². The van der Waals surface area contributed by atoms with Crippen molar-refractivity contribution in [1.82, 2.24) is 4.72 Å². The second kappa shape index (κ2) is 7.38. The van der Waals surface area contributed by atoms with E-state index < -0.39 is 21.5 Å². The summed E-state index contributed by atoms with van der Waals surface area (Å²) in [5.41, 5.74) is 3.07. The Balaban J connectivity index is 1.86. The van der Waals surface area contributed by atoms with Gasteiger partial charge in [0.25, 0.3) is 0 Å². The maximum Gasteiger partial charge on any atom is 0.241 e. The molecule has 154 valence electrons. The number of carbonyl (C=O) groups excluding carboxylic acids is 1. The molecule has 5 nitrogen and oxygen atoms in total. The summed E-state index contributed by atoms with van der Waals surface area (Å²) in [5.74, 6) is -0.234. The lowest BCUT2D eigenvalue weighted by Gasteiger charge is -2.33. The second-order valence-corrected chi connectivity index (χ2v) is 9.70. The van der Waals surface area contributed by atoms with Gasteiger partial charge < -0.3 is 5.32 Å². The molecule has 3 aromatic rings. The van der Waals surface area contributed by atoms with Crippen LogP contribution in [0.5, 0.6) is 0 Å². The summed E-state index contributed by atoms with van der Waals surface area (Å²) in [6.45, 7) is 5.64. The third-order valence-electron chi connectivity index (χ3n) is 5.76. The van der Waals surface area contributed by atoms with Crippen LogP contribution in [0.25, 0.3) is 0 Å². The van der Waals surface area contributed by atoms with Crippen molar-refractivity contribution < 1.29 is 13.2 Å². The van der Waals surface area contributed by atoms with Crippen molar-refractivity contribution in [3.8, 4) is 0 Å². The fourth-order valence-electron chi connectivity index (χ4n) is 4.02. The maximum atomic E-state index is 13.3. The Kier molecular flexibility index (Phi) is 5.00. The van der Waals surface area contributed by atoms with E-state index in [1.165, 1.54) is 0 Å². The van der Waals surface area contributed by atoms with Gasteiger partial charge in [0.2, 0.25) is 15.9 Å². The Morgan fingerprint density at radius 3 is 2.30 bits per heavy atom. The number of anilines is 1. The van der Waals surface area contributed by atoms with Gasteiger partial charge in [-0.15, -0.1) is 0 Å². The zero-order valence-electron chi connectivity index (χ0n) is 17.1. The molecule has 0 saturated heterocycles. The smallest absolute Gasteiger partial charge is 0.241 e. The summed E-state index contributed by atoms with van der Waals surface area (Å²) in [6, 6.07) is 20.9. The highest BCUT2D eigenvalue weighted by Crippen LogP contribution is 2.46. The van der Waals surface area contributed by atoms with Crippen LogP contribution in [-0.2, 0) is 20.2 Å². The molecule has 0 spiro atoms. The molecule has 1 aliphatic heterocycles. The van der Waals surface area contributed by atoms with Crippen molar-refractivity contribution in [2.24, 2.45) is 0 Å². The molecule has 1 heterocycles. The minimum absolute atomic E-state index is 0.168. The first kappa shape index (κ1) is 20.3. The first-order chi connectivity index (χ1) is 14.2. The van der Waals surface area contributed by atoms with E-state index in [1.807, 2.05) is 62.4 Å². The Morgan fingerprint density at radius 1 is 0.900 bits per heavy atom. The molecule has 30 heavy (non-hydrogen) atoms. The second-order valence-electron chi connectivity index (χ2n) is 7.98. The number of sulfonamides is 1. The number of nitrogens with one attached hydrogen (secondary N) is 2. The van der Waals surface area contributed by atoms with Gasteiger partial charge in [0, 0.05) is 5.69 Å². The summed E-state index contributed by atoms with van der Waals surface area (Å²) in [6.07, 6.45) is 0. The normalized spacial score (nSPS) is 19.2. The number of hydrogen-bond acceptors (Lipinski definition) is 3. The average Bonchev–Trinajstić information content (AvgIpc) is 2.98. The zero-order chi connectivity index (χ0) is 21.5. The Bertz CT molecular complexity index is 1220. The van der Waals surface area contributed by atoms with E-state index >= 15 is 0 Å². The van der Waals surface area contributed by atoms with E-state index in [-0.39, 0.29) is 10.8 Å². The van der Waals surface area contributed by atoms with Crippen molar-refractivity contribution in [3.63, 3.8) is 0 Å². The van der Waals surface area contributed by atoms with Crippen molar-refractivity contribution >= 4 is 21.6 Å². The van der Waals surface area contributed by atoms with Gasteiger partial charge in [0.05, 0.1) is 16.4 Å². The van der Waals surface area contributed by atoms with Gasteiger partial charge >= 0.3 is 0 Å². The fourth-order valence-corrected chi connectivity index (χ4v) is 5.33. The van der Waals surface area contributed by atoms with Gasteiger partial charge in [0.15, 0.2) is 0 Å². The molecule has 1 amide bonds. The number of fused-ring (bicyclic) bond motifs is 1. The SMILES string of the molecule is Cc1ccc(S(=O)(=O)N[C@H](c2cccc(C)c2)[C@]2(C)C(=O)Nc3ccccc32)cc1. The third-order valence-corrected chi connectivity index (χ3v) is 7.20. The van der Waals surface area contributed by atoms with Crippen LogP contribution in [-0.4, -0.2) is 14.3 Å². The molecule has 0 aromatic heterocycles. The minimum atomic E-state index is -3.87. The van der Waals surface area contributed by atoms with Crippen molar-refractivity contribution in [1.29, 1.82) is 0 Å². The van der Waals surface area contributed by atoms with Crippen LogP contribution in [0.4, 0.5) is 5.69 Å². The molecule has 1 aliphatic rings. The van der Waals surface area contributed by atoms with Gasteiger partial charge in [-0.1, -0.05) is 65.7 Å². The van der Waals surface area contributed by atoms with E-state index in [9.17, 15) is 13.2 Å². The molecule has 0 bridgehead atoms. The molecule has 0 aliphatic carbocycles. The summed E-state index contributed by atoms with van der Waals surface area (Å²) in [7, 11) is -3.87.